The number of hydrogen-bond donors (Lipinski definition) is 3. The maximum absolute atomic E-state index is 11.7. The summed E-state index contributed by atoms with van der Waals surface area (Å²) < 4.78 is 0. The molecule has 0 spiro atoms. The van der Waals surface area contributed by atoms with Gasteiger partial charge in [0, 0.05) is 16.3 Å². The summed E-state index contributed by atoms with van der Waals surface area (Å²) in [5.74, 6) is 0. The summed E-state index contributed by atoms with van der Waals surface area (Å²) in [5.41, 5.74) is 1.90. The number of H-pyrrole nitrogens is 2. The molecule has 2 heterocycles. The molecule has 1 unspecified atom stereocenters. The van der Waals surface area contributed by atoms with Crippen LogP contribution in [0.4, 0.5) is 0 Å². The van der Waals surface area contributed by atoms with Gasteiger partial charge in [-0.2, -0.15) is 5.10 Å². The second-order valence-corrected chi connectivity index (χ2v) is 4.69. The molecule has 0 aliphatic heterocycles. The highest BCUT2D eigenvalue weighted by Crippen LogP contribution is 2.30. The highest BCUT2D eigenvalue weighted by molar-refractivity contribution is 6.07. The molecule has 3 N–H and O–H groups in total. The van der Waals surface area contributed by atoms with Gasteiger partial charge in [-0.25, -0.2) is 5.10 Å². The number of rotatable bonds is 3. The molecule has 0 aliphatic rings. The van der Waals surface area contributed by atoms with Crippen molar-refractivity contribution in [1.82, 2.24) is 15.2 Å². The van der Waals surface area contributed by atoms with Crippen molar-refractivity contribution >= 4 is 21.8 Å². The molecule has 0 amide bonds. The number of nitrogens with zero attached hydrogens (tertiary/aromatic N) is 1. The summed E-state index contributed by atoms with van der Waals surface area (Å²) in [4.78, 5) is 14.9. The molecular formula is C14H15N3O2. The Morgan fingerprint density at radius 2 is 2.16 bits per heavy atom. The molecule has 98 valence electrons. The van der Waals surface area contributed by atoms with Crippen LogP contribution in [0.1, 0.15) is 31.4 Å². The van der Waals surface area contributed by atoms with Crippen LogP contribution in [-0.2, 0) is 0 Å². The van der Waals surface area contributed by atoms with Gasteiger partial charge in [-0.05, 0) is 6.42 Å². The number of para-hydroxylation sites is 1. The van der Waals surface area contributed by atoms with Crippen LogP contribution >= 0.6 is 0 Å². The molecule has 3 rings (SSSR count). The standard InChI is InChI=1S/C14H15N3O2/c1-2-4-11(18)9-6-3-5-8-10-7-15-17-14(19)13(10)16-12(8)9/h3,5-7,11,16,18H,2,4H2,1H3,(H,17,19). The average Bonchev–Trinajstić information content (AvgIpc) is 2.79. The van der Waals surface area contributed by atoms with E-state index < -0.39 is 6.10 Å². The first-order valence-corrected chi connectivity index (χ1v) is 6.38. The van der Waals surface area contributed by atoms with Crippen molar-refractivity contribution in [3.63, 3.8) is 0 Å². The van der Waals surface area contributed by atoms with Crippen LogP contribution in [0.15, 0.2) is 29.2 Å². The van der Waals surface area contributed by atoms with E-state index in [1.165, 1.54) is 0 Å². The van der Waals surface area contributed by atoms with E-state index in [9.17, 15) is 9.90 Å². The Balaban J connectivity index is 2.34. The van der Waals surface area contributed by atoms with E-state index in [0.717, 1.165) is 28.3 Å². The fourth-order valence-corrected chi connectivity index (χ4v) is 2.49. The van der Waals surface area contributed by atoms with Gasteiger partial charge in [0.1, 0.15) is 5.52 Å². The zero-order valence-electron chi connectivity index (χ0n) is 10.6. The molecule has 0 bridgehead atoms. The molecule has 1 atom stereocenters. The lowest BCUT2D eigenvalue weighted by Crippen LogP contribution is -2.06. The molecule has 0 aliphatic carbocycles. The Bertz CT molecular complexity index is 788. The van der Waals surface area contributed by atoms with Crippen LogP contribution in [0.25, 0.3) is 21.8 Å². The van der Waals surface area contributed by atoms with Crippen LogP contribution in [0.5, 0.6) is 0 Å². The first-order chi connectivity index (χ1) is 9.22. The minimum absolute atomic E-state index is 0.246. The quantitative estimate of drug-likeness (QED) is 0.673. The van der Waals surface area contributed by atoms with Gasteiger partial charge in [-0.15, -0.1) is 0 Å². The lowest BCUT2D eigenvalue weighted by Gasteiger charge is -2.10. The number of fused-ring (bicyclic) bond motifs is 3. The lowest BCUT2D eigenvalue weighted by atomic mass is 10.0. The van der Waals surface area contributed by atoms with Crippen molar-refractivity contribution in [2.45, 2.75) is 25.9 Å². The second-order valence-electron chi connectivity index (χ2n) is 4.69. The maximum atomic E-state index is 11.7. The molecule has 19 heavy (non-hydrogen) atoms. The lowest BCUT2D eigenvalue weighted by molar-refractivity contribution is 0.168. The molecule has 0 radical (unpaired) electrons. The van der Waals surface area contributed by atoms with Crippen LogP contribution < -0.4 is 5.56 Å². The van der Waals surface area contributed by atoms with Crippen molar-refractivity contribution in [2.75, 3.05) is 0 Å². The SMILES string of the molecule is CCCC(O)c1cccc2c1[nH]c1c(=O)[nH]ncc12. The van der Waals surface area contributed by atoms with Gasteiger partial charge in [0.05, 0.1) is 17.8 Å². The third-order valence-electron chi connectivity index (χ3n) is 3.41. The van der Waals surface area contributed by atoms with Gasteiger partial charge in [-0.1, -0.05) is 31.5 Å². The Kier molecular flexibility index (Phi) is 2.83. The molecule has 0 fully saturated rings. The maximum Gasteiger partial charge on any atom is 0.288 e. The highest BCUT2D eigenvalue weighted by atomic mass is 16.3. The summed E-state index contributed by atoms with van der Waals surface area (Å²) in [6, 6.07) is 5.71. The smallest absolute Gasteiger partial charge is 0.288 e. The average molecular weight is 257 g/mol. The van der Waals surface area contributed by atoms with Crippen molar-refractivity contribution in [3.05, 3.63) is 40.3 Å². The van der Waals surface area contributed by atoms with E-state index in [2.05, 4.69) is 15.2 Å². The minimum atomic E-state index is -0.520. The Morgan fingerprint density at radius 1 is 1.32 bits per heavy atom. The Labute approximate surface area is 109 Å². The van der Waals surface area contributed by atoms with Crippen molar-refractivity contribution in [1.29, 1.82) is 0 Å². The van der Waals surface area contributed by atoms with E-state index in [1.54, 1.807) is 6.20 Å². The molecule has 5 heteroatoms. The first kappa shape index (κ1) is 11.9. The van der Waals surface area contributed by atoms with Gasteiger partial charge in [-0.3, -0.25) is 4.79 Å². The largest absolute Gasteiger partial charge is 0.388 e. The first-order valence-electron chi connectivity index (χ1n) is 6.38. The molecule has 0 saturated carbocycles. The van der Waals surface area contributed by atoms with Crippen LogP contribution in [0.2, 0.25) is 0 Å². The summed E-state index contributed by atoms with van der Waals surface area (Å²) in [5, 5.41) is 18.1. The molecular weight excluding hydrogens is 242 g/mol. The fraction of sp³-hybridized carbons (Fsp3) is 0.286. The molecule has 3 aromatic rings. The van der Waals surface area contributed by atoms with E-state index in [1.807, 2.05) is 25.1 Å². The summed E-state index contributed by atoms with van der Waals surface area (Å²) in [6.45, 7) is 2.03. The molecule has 0 saturated heterocycles. The molecule has 2 aromatic heterocycles. The number of nitrogens with one attached hydrogen (secondary N) is 2. The van der Waals surface area contributed by atoms with Crippen LogP contribution in [-0.4, -0.2) is 20.3 Å². The van der Waals surface area contributed by atoms with E-state index in [-0.39, 0.29) is 5.56 Å². The van der Waals surface area contributed by atoms with Gasteiger partial charge < -0.3 is 10.1 Å². The van der Waals surface area contributed by atoms with Crippen molar-refractivity contribution in [2.24, 2.45) is 0 Å². The Morgan fingerprint density at radius 3 is 2.95 bits per heavy atom. The third kappa shape index (κ3) is 1.82. The molecule has 1 aromatic carbocycles. The minimum Gasteiger partial charge on any atom is -0.388 e. The highest BCUT2D eigenvalue weighted by Gasteiger charge is 2.14. The number of benzene rings is 1. The number of aromatic amines is 2. The fourth-order valence-electron chi connectivity index (χ4n) is 2.49. The normalized spacial score (nSPS) is 13.2. The number of aromatic nitrogens is 3. The van der Waals surface area contributed by atoms with E-state index >= 15 is 0 Å². The van der Waals surface area contributed by atoms with E-state index in [4.69, 9.17) is 0 Å². The topological polar surface area (TPSA) is 81.8 Å². The number of aliphatic hydroxyl groups excluding tert-OH is 1. The predicted molar refractivity (Wildman–Crippen MR) is 74.1 cm³/mol. The zero-order chi connectivity index (χ0) is 13.4. The van der Waals surface area contributed by atoms with Gasteiger partial charge in [0.2, 0.25) is 0 Å². The van der Waals surface area contributed by atoms with Crippen LogP contribution in [0, 0.1) is 0 Å². The van der Waals surface area contributed by atoms with Crippen molar-refractivity contribution in [3.8, 4) is 0 Å². The predicted octanol–water partition coefficient (Wildman–Crippen LogP) is 2.24. The zero-order valence-corrected chi connectivity index (χ0v) is 10.6. The monoisotopic (exact) mass is 257 g/mol. The third-order valence-corrected chi connectivity index (χ3v) is 3.41. The summed E-state index contributed by atoms with van der Waals surface area (Å²) >= 11 is 0. The Hall–Kier alpha value is -2.14. The van der Waals surface area contributed by atoms with Gasteiger partial charge in [0.25, 0.3) is 5.56 Å². The van der Waals surface area contributed by atoms with Gasteiger partial charge >= 0.3 is 0 Å². The second kappa shape index (κ2) is 4.51. The van der Waals surface area contributed by atoms with Crippen LogP contribution in [0.3, 0.4) is 0 Å². The van der Waals surface area contributed by atoms with Crippen molar-refractivity contribution < 1.29 is 5.11 Å². The number of aliphatic hydroxyl groups is 1. The van der Waals surface area contributed by atoms with Gasteiger partial charge in [0.15, 0.2) is 0 Å². The summed E-state index contributed by atoms with van der Waals surface area (Å²) in [7, 11) is 0. The van der Waals surface area contributed by atoms with E-state index in [0.29, 0.717) is 11.9 Å². The summed E-state index contributed by atoms with van der Waals surface area (Å²) in [6.07, 6.45) is 2.71. The number of hydrogen-bond acceptors (Lipinski definition) is 3. The molecule has 5 nitrogen and oxygen atoms in total.